The van der Waals surface area contributed by atoms with Crippen molar-refractivity contribution in [2.45, 2.75) is 26.2 Å². The number of carbonyl (C=O) groups excluding carboxylic acids is 1. The molecule has 2 aromatic carbocycles. The lowest BCUT2D eigenvalue weighted by Gasteiger charge is -2.10. The van der Waals surface area contributed by atoms with E-state index in [1.54, 1.807) is 12.1 Å². The number of hydrogen-bond donors (Lipinski definition) is 2. The second-order valence-electron chi connectivity index (χ2n) is 5.82. The van der Waals surface area contributed by atoms with Gasteiger partial charge in [0.15, 0.2) is 5.78 Å². The molecule has 0 bridgehead atoms. The fraction of sp³-hybridized carbons (Fsp3) is 0.316. The first-order valence-corrected chi connectivity index (χ1v) is 8.08. The lowest BCUT2D eigenvalue weighted by Crippen LogP contribution is -2.03. The Hall–Kier alpha value is -2.89. The fourth-order valence-electron chi connectivity index (χ4n) is 2.98. The number of carbonyl (C=O) groups is 1. The van der Waals surface area contributed by atoms with E-state index in [1.807, 2.05) is 6.92 Å². The van der Waals surface area contributed by atoms with E-state index in [-0.39, 0.29) is 34.0 Å². The van der Waals surface area contributed by atoms with Crippen LogP contribution in [0.3, 0.4) is 0 Å². The maximum absolute atomic E-state index is 12.5. The van der Waals surface area contributed by atoms with E-state index in [0.717, 1.165) is 6.42 Å². The van der Waals surface area contributed by atoms with Gasteiger partial charge in [-0.2, -0.15) is 0 Å². The maximum Gasteiger partial charge on any atom is 0.170 e. The minimum absolute atomic E-state index is 0.0967. The normalized spacial score (nSPS) is 11.2. The molecule has 0 fully saturated rings. The average molecular weight is 344 g/mol. The summed E-state index contributed by atoms with van der Waals surface area (Å²) < 4.78 is 16.1. The predicted octanol–water partition coefficient (Wildman–Crippen LogP) is 4.39. The highest BCUT2D eigenvalue weighted by Crippen LogP contribution is 2.46. The SMILES string of the molecule is CCCCC(=O)c1c(OC)cc2oc3cc(OC)cc(O)c3c2c1O. The van der Waals surface area contributed by atoms with Gasteiger partial charge in [-0.3, -0.25) is 4.79 Å². The molecule has 6 heteroatoms. The number of fused-ring (bicyclic) bond motifs is 3. The summed E-state index contributed by atoms with van der Waals surface area (Å²) in [6, 6.07) is 4.60. The van der Waals surface area contributed by atoms with Gasteiger partial charge in [0.2, 0.25) is 0 Å². The summed E-state index contributed by atoms with van der Waals surface area (Å²) in [5.41, 5.74) is 0.781. The van der Waals surface area contributed by atoms with Crippen LogP contribution < -0.4 is 9.47 Å². The zero-order chi connectivity index (χ0) is 18.1. The molecule has 0 aliphatic rings. The standard InChI is InChI=1S/C19H20O6/c1-4-5-6-11(20)17-13(24-3)9-15-18(19(17)22)16-12(21)7-10(23-2)8-14(16)25-15/h7-9,21-22H,4-6H2,1-3H3. The fourth-order valence-corrected chi connectivity index (χ4v) is 2.98. The summed E-state index contributed by atoms with van der Waals surface area (Å²) in [7, 11) is 2.91. The molecule has 0 saturated carbocycles. The monoisotopic (exact) mass is 344 g/mol. The molecule has 0 radical (unpaired) electrons. The third-order valence-electron chi connectivity index (χ3n) is 4.25. The number of aromatic hydroxyl groups is 2. The van der Waals surface area contributed by atoms with E-state index < -0.39 is 0 Å². The summed E-state index contributed by atoms with van der Waals surface area (Å²) in [6.07, 6.45) is 1.89. The number of phenolic OH excluding ortho intramolecular Hbond substituents is 2. The van der Waals surface area contributed by atoms with Crippen LogP contribution in [0.4, 0.5) is 0 Å². The number of ketones is 1. The molecule has 3 rings (SSSR count). The van der Waals surface area contributed by atoms with Gasteiger partial charge in [-0.25, -0.2) is 0 Å². The van der Waals surface area contributed by atoms with Gasteiger partial charge in [0, 0.05) is 24.6 Å². The van der Waals surface area contributed by atoms with E-state index in [9.17, 15) is 15.0 Å². The van der Waals surface area contributed by atoms with Crippen LogP contribution in [0.1, 0.15) is 36.5 Å². The lowest BCUT2D eigenvalue weighted by atomic mass is 9.99. The molecule has 132 valence electrons. The van der Waals surface area contributed by atoms with E-state index in [1.165, 1.54) is 20.3 Å². The summed E-state index contributed by atoms with van der Waals surface area (Å²) in [5, 5.41) is 21.7. The van der Waals surface area contributed by atoms with Crippen LogP contribution in [0.2, 0.25) is 0 Å². The number of hydrogen-bond acceptors (Lipinski definition) is 6. The number of ether oxygens (including phenoxy) is 2. The molecule has 0 saturated heterocycles. The molecule has 2 N–H and O–H groups in total. The number of rotatable bonds is 6. The second kappa shape index (κ2) is 6.55. The number of unbranched alkanes of at least 4 members (excludes halogenated alkanes) is 1. The highest BCUT2D eigenvalue weighted by Gasteiger charge is 2.25. The van der Waals surface area contributed by atoms with Gasteiger partial charge in [0.25, 0.3) is 0 Å². The van der Waals surface area contributed by atoms with Crippen LogP contribution in [-0.4, -0.2) is 30.2 Å². The molecule has 3 aromatic rings. The summed E-state index contributed by atoms with van der Waals surface area (Å²) in [4.78, 5) is 12.5. The van der Waals surface area contributed by atoms with Crippen molar-refractivity contribution < 1.29 is 28.9 Å². The van der Waals surface area contributed by atoms with E-state index in [4.69, 9.17) is 13.9 Å². The molecule has 0 amide bonds. The molecular weight excluding hydrogens is 324 g/mol. The molecule has 0 aliphatic carbocycles. The van der Waals surface area contributed by atoms with Gasteiger partial charge in [0.1, 0.15) is 39.7 Å². The molecule has 0 spiro atoms. The van der Waals surface area contributed by atoms with Crippen molar-refractivity contribution in [1.82, 2.24) is 0 Å². The van der Waals surface area contributed by atoms with E-state index in [0.29, 0.717) is 35.1 Å². The Kier molecular flexibility index (Phi) is 4.44. The van der Waals surface area contributed by atoms with Crippen LogP contribution in [0.5, 0.6) is 23.0 Å². The first-order valence-electron chi connectivity index (χ1n) is 8.08. The van der Waals surface area contributed by atoms with Crippen molar-refractivity contribution >= 4 is 27.7 Å². The number of phenols is 2. The molecule has 0 unspecified atom stereocenters. The van der Waals surface area contributed by atoms with Crippen molar-refractivity contribution in [2.75, 3.05) is 14.2 Å². The summed E-state index contributed by atoms with van der Waals surface area (Å²) >= 11 is 0. The largest absolute Gasteiger partial charge is 0.507 e. The number of furan rings is 1. The smallest absolute Gasteiger partial charge is 0.170 e. The number of methoxy groups -OCH3 is 2. The minimum Gasteiger partial charge on any atom is -0.507 e. The molecule has 1 heterocycles. The van der Waals surface area contributed by atoms with Crippen LogP contribution in [0.15, 0.2) is 22.6 Å². The molecule has 0 aliphatic heterocycles. The lowest BCUT2D eigenvalue weighted by molar-refractivity contribution is 0.0974. The van der Waals surface area contributed by atoms with Crippen LogP contribution >= 0.6 is 0 Å². The van der Waals surface area contributed by atoms with Crippen molar-refractivity contribution in [3.8, 4) is 23.0 Å². The Balaban J connectivity index is 2.33. The Morgan fingerprint density at radius 1 is 1.08 bits per heavy atom. The van der Waals surface area contributed by atoms with Crippen molar-refractivity contribution in [1.29, 1.82) is 0 Å². The zero-order valence-electron chi connectivity index (χ0n) is 14.4. The van der Waals surface area contributed by atoms with Gasteiger partial charge in [-0.15, -0.1) is 0 Å². The van der Waals surface area contributed by atoms with Crippen molar-refractivity contribution in [2.24, 2.45) is 0 Å². The van der Waals surface area contributed by atoms with Gasteiger partial charge < -0.3 is 24.1 Å². The van der Waals surface area contributed by atoms with Gasteiger partial charge in [-0.1, -0.05) is 13.3 Å². The van der Waals surface area contributed by atoms with Gasteiger partial charge in [-0.05, 0) is 6.42 Å². The quantitative estimate of drug-likeness (QED) is 0.645. The summed E-state index contributed by atoms with van der Waals surface area (Å²) in [6.45, 7) is 1.99. The van der Waals surface area contributed by atoms with Crippen molar-refractivity contribution in [3.05, 3.63) is 23.8 Å². The molecule has 6 nitrogen and oxygen atoms in total. The third kappa shape index (κ3) is 2.73. The summed E-state index contributed by atoms with van der Waals surface area (Å²) in [5.74, 6) is 0.127. The Bertz CT molecular complexity index is 954. The molecule has 25 heavy (non-hydrogen) atoms. The van der Waals surface area contributed by atoms with Crippen LogP contribution in [0.25, 0.3) is 21.9 Å². The zero-order valence-corrected chi connectivity index (χ0v) is 14.4. The van der Waals surface area contributed by atoms with Crippen LogP contribution in [-0.2, 0) is 0 Å². The topological polar surface area (TPSA) is 89.1 Å². The number of benzene rings is 2. The Morgan fingerprint density at radius 3 is 2.44 bits per heavy atom. The predicted molar refractivity (Wildman–Crippen MR) is 94.0 cm³/mol. The highest BCUT2D eigenvalue weighted by molar-refractivity contribution is 6.16. The van der Waals surface area contributed by atoms with Crippen molar-refractivity contribution in [3.63, 3.8) is 0 Å². The third-order valence-corrected chi connectivity index (χ3v) is 4.25. The van der Waals surface area contributed by atoms with E-state index >= 15 is 0 Å². The Labute approximate surface area is 144 Å². The second-order valence-corrected chi connectivity index (χ2v) is 5.82. The van der Waals surface area contributed by atoms with Gasteiger partial charge >= 0.3 is 0 Å². The van der Waals surface area contributed by atoms with Gasteiger partial charge in [0.05, 0.1) is 25.0 Å². The highest BCUT2D eigenvalue weighted by atomic mass is 16.5. The minimum atomic E-state index is -0.241. The number of Topliss-reactive ketones (excluding diaryl/α,β-unsaturated/α-hetero) is 1. The average Bonchev–Trinajstić information content (AvgIpc) is 2.98. The molecular formula is C19H20O6. The Morgan fingerprint density at radius 2 is 1.80 bits per heavy atom. The van der Waals surface area contributed by atoms with E-state index in [2.05, 4.69) is 0 Å². The van der Waals surface area contributed by atoms with Crippen LogP contribution in [0, 0.1) is 0 Å². The first-order chi connectivity index (χ1) is 12.0. The first kappa shape index (κ1) is 17.0. The maximum atomic E-state index is 12.5. The molecule has 0 atom stereocenters. The molecule has 1 aromatic heterocycles.